The standard InChI is InChI=1S/C6H10O2.Al/c1-4(5(2)7)6(3)8;/h7H,1-3H3;/q;+1/p-1/b5-4-;. The number of carbonyl (C=O) groups excluding carboxylic acids is 1. The minimum absolute atomic E-state index is 0.0509. The molecule has 0 saturated heterocycles. The molecular formula is C6H9AlO2. The lowest BCUT2D eigenvalue weighted by molar-refractivity contribution is -0.113. The molecule has 0 atom stereocenters. The molecule has 0 aliphatic rings. The molecule has 9 heavy (non-hydrogen) atoms. The molecule has 3 heteroatoms. The SMILES string of the molecule is CC(=O)/C(C)=C(/C)[O][Al]. The molecule has 2 nitrogen and oxygen atoms in total. The van der Waals surface area contributed by atoms with Gasteiger partial charge in [-0.3, -0.25) is 4.79 Å². The van der Waals surface area contributed by atoms with Crippen LogP contribution in [0.25, 0.3) is 0 Å². The largest absolute Gasteiger partial charge is 0.657 e. The summed E-state index contributed by atoms with van der Waals surface area (Å²) in [6, 6.07) is 0. The van der Waals surface area contributed by atoms with E-state index in [0.717, 1.165) is 0 Å². The normalized spacial score (nSPS) is 12.3. The van der Waals surface area contributed by atoms with Crippen molar-refractivity contribution >= 4 is 22.4 Å². The van der Waals surface area contributed by atoms with Gasteiger partial charge in [-0.1, -0.05) is 0 Å². The second kappa shape index (κ2) is 3.71. The van der Waals surface area contributed by atoms with E-state index in [4.69, 9.17) is 3.79 Å². The Kier molecular flexibility index (Phi) is 3.60. The van der Waals surface area contributed by atoms with Gasteiger partial charge in [-0.25, -0.2) is 0 Å². The molecule has 0 N–H and O–H groups in total. The lowest BCUT2D eigenvalue weighted by atomic mass is 10.2. The first-order chi connectivity index (χ1) is 4.09. The fourth-order valence-electron chi connectivity index (χ4n) is 0.336. The van der Waals surface area contributed by atoms with Gasteiger partial charge < -0.3 is 3.79 Å². The Hall–Kier alpha value is -0.258. The van der Waals surface area contributed by atoms with Crippen LogP contribution < -0.4 is 0 Å². The van der Waals surface area contributed by atoms with Crippen molar-refractivity contribution in [3.8, 4) is 0 Å². The van der Waals surface area contributed by atoms with Gasteiger partial charge in [0.25, 0.3) is 0 Å². The molecule has 0 fully saturated rings. The van der Waals surface area contributed by atoms with E-state index in [2.05, 4.69) is 16.6 Å². The Labute approximate surface area is 63.6 Å². The Balaban J connectivity index is 4.28. The maximum Gasteiger partial charge on any atom is 0.481 e. The van der Waals surface area contributed by atoms with Gasteiger partial charge in [0.15, 0.2) is 5.78 Å². The Morgan fingerprint density at radius 2 is 1.78 bits per heavy atom. The van der Waals surface area contributed by atoms with Gasteiger partial charge in [-0.2, -0.15) is 0 Å². The number of carbonyl (C=O) groups is 1. The molecular weight excluding hydrogens is 131 g/mol. The van der Waals surface area contributed by atoms with Crippen LogP contribution in [0.4, 0.5) is 0 Å². The van der Waals surface area contributed by atoms with Crippen molar-refractivity contribution in [1.82, 2.24) is 0 Å². The highest BCUT2D eigenvalue weighted by molar-refractivity contribution is 6.00. The smallest absolute Gasteiger partial charge is 0.481 e. The number of allylic oxidation sites excluding steroid dienone is 2. The van der Waals surface area contributed by atoms with Crippen LogP contribution in [0.2, 0.25) is 0 Å². The molecule has 0 unspecified atom stereocenters. The number of hydrogen-bond acceptors (Lipinski definition) is 2. The maximum absolute atomic E-state index is 10.6. The van der Waals surface area contributed by atoms with Crippen LogP contribution in [-0.4, -0.2) is 22.4 Å². The van der Waals surface area contributed by atoms with Gasteiger partial charge in [0.1, 0.15) is 0 Å². The first-order valence-corrected chi connectivity index (χ1v) is 3.12. The van der Waals surface area contributed by atoms with Crippen LogP contribution >= 0.6 is 0 Å². The van der Waals surface area contributed by atoms with E-state index in [-0.39, 0.29) is 5.78 Å². The van der Waals surface area contributed by atoms with Crippen LogP contribution in [0.5, 0.6) is 0 Å². The number of ketones is 1. The summed E-state index contributed by atoms with van der Waals surface area (Å²) in [6.45, 7) is 5.01. The van der Waals surface area contributed by atoms with E-state index < -0.39 is 0 Å². The highest BCUT2D eigenvalue weighted by atomic mass is 27.1. The zero-order valence-electron chi connectivity index (χ0n) is 5.89. The molecule has 0 rings (SSSR count). The van der Waals surface area contributed by atoms with Crippen LogP contribution in [0.15, 0.2) is 11.3 Å². The van der Waals surface area contributed by atoms with Crippen molar-refractivity contribution in [2.45, 2.75) is 20.8 Å². The number of rotatable bonds is 2. The second-order valence-corrected chi connectivity index (χ2v) is 2.09. The highest BCUT2D eigenvalue weighted by Gasteiger charge is 1.98. The third-order valence-corrected chi connectivity index (χ3v) is 1.59. The van der Waals surface area contributed by atoms with Gasteiger partial charge in [0, 0.05) is 5.57 Å². The predicted molar refractivity (Wildman–Crippen MR) is 35.9 cm³/mol. The molecule has 0 aliphatic heterocycles. The molecule has 0 aliphatic carbocycles. The van der Waals surface area contributed by atoms with E-state index >= 15 is 0 Å². The molecule has 0 aromatic heterocycles. The van der Waals surface area contributed by atoms with Gasteiger partial charge in [-0.05, 0) is 20.8 Å². The average molecular weight is 140 g/mol. The van der Waals surface area contributed by atoms with Gasteiger partial charge in [0.05, 0.1) is 5.76 Å². The Morgan fingerprint density at radius 3 is 1.89 bits per heavy atom. The lowest BCUT2D eigenvalue weighted by Crippen LogP contribution is -1.97. The summed E-state index contributed by atoms with van der Waals surface area (Å²) in [5, 5.41) is 0. The van der Waals surface area contributed by atoms with E-state index in [1.807, 2.05) is 0 Å². The maximum atomic E-state index is 10.6. The fraction of sp³-hybridized carbons (Fsp3) is 0.500. The Bertz CT molecular complexity index is 149. The van der Waals surface area contributed by atoms with Crippen molar-refractivity contribution in [1.29, 1.82) is 0 Å². The van der Waals surface area contributed by atoms with Crippen molar-refractivity contribution in [3.05, 3.63) is 11.3 Å². The topological polar surface area (TPSA) is 26.3 Å². The molecule has 2 radical (unpaired) electrons. The molecule has 0 aromatic rings. The zero-order chi connectivity index (χ0) is 7.44. The van der Waals surface area contributed by atoms with Gasteiger partial charge >= 0.3 is 16.6 Å². The summed E-state index contributed by atoms with van der Waals surface area (Å²) in [4.78, 5) is 10.6. The molecule has 0 bridgehead atoms. The molecule has 0 aromatic carbocycles. The van der Waals surface area contributed by atoms with Crippen LogP contribution in [0, 0.1) is 0 Å². The number of hydrogen-bond donors (Lipinski definition) is 0. The van der Waals surface area contributed by atoms with Crippen molar-refractivity contribution in [3.63, 3.8) is 0 Å². The predicted octanol–water partition coefficient (Wildman–Crippen LogP) is 0.969. The molecule has 48 valence electrons. The third-order valence-electron chi connectivity index (χ3n) is 1.23. The monoisotopic (exact) mass is 140 g/mol. The second-order valence-electron chi connectivity index (χ2n) is 1.86. The van der Waals surface area contributed by atoms with E-state index in [1.54, 1.807) is 13.8 Å². The minimum atomic E-state index is 0.0509. The van der Waals surface area contributed by atoms with Crippen LogP contribution in [0.3, 0.4) is 0 Å². The van der Waals surface area contributed by atoms with Crippen LogP contribution in [-0.2, 0) is 8.58 Å². The molecule has 0 heterocycles. The van der Waals surface area contributed by atoms with Crippen molar-refractivity contribution < 1.29 is 8.58 Å². The summed E-state index contributed by atoms with van der Waals surface area (Å²) in [5.41, 5.74) is 0.671. The molecule has 0 saturated carbocycles. The van der Waals surface area contributed by atoms with Gasteiger partial charge in [0.2, 0.25) is 0 Å². The van der Waals surface area contributed by atoms with Crippen molar-refractivity contribution in [2.75, 3.05) is 0 Å². The summed E-state index contributed by atoms with van der Waals surface area (Å²) < 4.78 is 4.75. The minimum Gasteiger partial charge on any atom is -0.657 e. The first-order valence-electron chi connectivity index (χ1n) is 2.64. The van der Waals surface area contributed by atoms with E-state index in [9.17, 15) is 4.79 Å². The summed E-state index contributed by atoms with van der Waals surface area (Å²) >= 11 is 2.10. The highest BCUT2D eigenvalue weighted by Crippen LogP contribution is 2.02. The lowest BCUT2D eigenvalue weighted by Gasteiger charge is -2.04. The van der Waals surface area contributed by atoms with Crippen LogP contribution in [0.1, 0.15) is 20.8 Å². The first kappa shape index (κ1) is 8.74. The summed E-state index contributed by atoms with van der Waals surface area (Å²) in [6.07, 6.45) is 0. The summed E-state index contributed by atoms with van der Waals surface area (Å²) in [7, 11) is 0. The fourth-order valence-corrected chi connectivity index (χ4v) is 0.513. The summed E-state index contributed by atoms with van der Waals surface area (Å²) in [5.74, 6) is 0.711. The van der Waals surface area contributed by atoms with Crippen molar-refractivity contribution in [2.24, 2.45) is 0 Å². The molecule has 0 spiro atoms. The van der Waals surface area contributed by atoms with E-state index in [1.165, 1.54) is 6.92 Å². The van der Waals surface area contributed by atoms with Gasteiger partial charge in [-0.15, -0.1) is 0 Å². The number of Topliss-reactive ketones (excluding diaryl/α,β-unsaturated/α-hetero) is 1. The zero-order valence-corrected chi connectivity index (χ0v) is 7.05. The Morgan fingerprint density at radius 1 is 1.33 bits per heavy atom. The third kappa shape index (κ3) is 2.69. The average Bonchev–Trinajstić information content (AvgIpc) is 1.84. The quantitative estimate of drug-likeness (QED) is 0.324. The van der Waals surface area contributed by atoms with E-state index in [0.29, 0.717) is 11.3 Å². The molecule has 0 amide bonds.